The molecule has 13 heavy (non-hydrogen) atoms. The van der Waals surface area contributed by atoms with Crippen molar-refractivity contribution in [1.29, 1.82) is 0 Å². The Balaban J connectivity index is 1.79. The van der Waals surface area contributed by atoms with E-state index in [0.29, 0.717) is 0 Å². The zero-order valence-electron chi connectivity index (χ0n) is 7.66. The molecule has 0 radical (unpaired) electrons. The maximum Gasteiger partial charge on any atom is 0.0501 e. The van der Waals surface area contributed by atoms with Gasteiger partial charge in [0.25, 0.3) is 0 Å². The van der Waals surface area contributed by atoms with Crippen LogP contribution in [0.5, 0.6) is 0 Å². The molecule has 2 N–H and O–H groups in total. The molecule has 1 heterocycles. The standard InChI is InChI=1S/C10H15N3/c1-2-6-10(7-3-1)11-12-13-8-4-5-9-13/h1-3,6-7,11-12H,4-5,8-9H2. The normalized spacial score (nSPS) is 17.5. The van der Waals surface area contributed by atoms with Gasteiger partial charge in [-0.3, -0.25) is 0 Å². The first-order chi connectivity index (χ1) is 6.45. The van der Waals surface area contributed by atoms with Gasteiger partial charge < -0.3 is 5.43 Å². The van der Waals surface area contributed by atoms with Gasteiger partial charge in [0.2, 0.25) is 0 Å². The molecule has 0 bridgehead atoms. The summed E-state index contributed by atoms with van der Waals surface area (Å²) in [6.45, 7) is 2.28. The Morgan fingerprint density at radius 1 is 1.00 bits per heavy atom. The van der Waals surface area contributed by atoms with Crippen LogP contribution in [-0.2, 0) is 0 Å². The number of anilines is 1. The van der Waals surface area contributed by atoms with Crippen LogP contribution in [-0.4, -0.2) is 18.1 Å². The monoisotopic (exact) mass is 177 g/mol. The molecule has 2 rings (SSSR count). The largest absolute Gasteiger partial charge is 0.308 e. The fourth-order valence-corrected chi connectivity index (χ4v) is 1.49. The minimum Gasteiger partial charge on any atom is -0.308 e. The van der Waals surface area contributed by atoms with Crippen LogP contribution in [0.1, 0.15) is 12.8 Å². The maximum atomic E-state index is 3.18. The van der Waals surface area contributed by atoms with Gasteiger partial charge in [-0.05, 0) is 25.0 Å². The Kier molecular flexibility index (Phi) is 2.79. The van der Waals surface area contributed by atoms with E-state index >= 15 is 0 Å². The second-order valence-corrected chi connectivity index (χ2v) is 3.30. The molecular weight excluding hydrogens is 162 g/mol. The molecule has 3 nitrogen and oxygen atoms in total. The second kappa shape index (κ2) is 4.25. The third-order valence-corrected chi connectivity index (χ3v) is 2.24. The summed E-state index contributed by atoms with van der Waals surface area (Å²) in [4.78, 5) is 0. The average Bonchev–Trinajstić information content (AvgIpc) is 2.69. The van der Waals surface area contributed by atoms with Crippen molar-refractivity contribution < 1.29 is 0 Å². The van der Waals surface area contributed by atoms with E-state index in [0.717, 1.165) is 18.8 Å². The molecule has 70 valence electrons. The minimum atomic E-state index is 1.11. The highest BCUT2D eigenvalue weighted by Crippen LogP contribution is 2.06. The topological polar surface area (TPSA) is 27.3 Å². The molecule has 1 aromatic rings. The predicted octanol–water partition coefficient (Wildman–Crippen LogP) is 1.61. The summed E-state index contributed by atoms with van der Waals surface area (Å²) >= 11 is 0. The molecule has 1 saturated heterocycles. The number of hydrogen-bond donors (Lipinski definition) is 2. The Bertz CT molecular complexity index is 242. The average molecular weight is 177 g/mol. The first-order valence-electron chi connectivity index (χ1n) is 4.77. The Morgan fingerprint density at radius 3 is 2.38 bits per heavy atom. The summed E-state index contributed by atoms with van der Waals surface area (Å²) in [7, 11) is 0. The van der Waals surface area contributed by atoms with Gasteiger partial charge in [0.15, 0.2) is 0 Å². The van der Waals surface area contributed by atoms with E-state index in [1.807, 2.05) is 30.3 Å². The highest BCUT2D eigenvalue weighted by molar-refractivity contribution is 5.40. The lowest BCUT2D eigenvalue weighted by Gasteiger charge is -2.17. The molecule has 0 saturated carbocycles. The van der Waals surface area contributed by atoms with E-state index in [1.54, 1.807) is 0 Å². The van der Waals surface area contributed by atoms with Crippen molar-refractivity contribution in [3.05, 3.63) is 30.3 Å². The first-order valence-corrected chi connectivity index (χ1v) is 4.77. The number of nitrogens with zero attached hydrogens (tertiary/aromatic N) is 1. The van der Waals surface area contributed by atoms with Crippen molar-refractivity contribution >= 4 is 5.69 Å². The van der Waals surface area contributed by atoms with Crippen LogP contribution < -0.4 is 11.0 Å². The summed E-state index contributed by atoms with van der Waals surface area (Å²) in [5.74, 6) is 0. The lowest BCUT2D eigenvalue weighted by atomic mass is 10.3. The number of hydrazine groups is 2. The lowest BCUT2D eigenvalue weighted by Crippen LogP contribution is -2.39. The highest BCUT2D eigenvalue weighted by Gasteiger charge is 2.09. The summed E-state index contributed by atoms with van der Waals surface area (Å²) in [5, 5.41) is 2.20. The molecule has 0 aromatic heterocycles. The van der Waals surface area contributed by atoms with Crippen molar-refractivity contribution in [2.75, 3.05) is 18.5 Å². The number of rotatable bonds is 3. The molecule has 1 aliphatic heterocycles. The van der Waals surface area contributed by atoms with Crippen molar-refractivity contribution in [1.82, 2.24) is 10.5 Å². The zero-order chi connectivity index (χ0) is 8.93. The minimum absolute atomic E-state index is 1.11. The molecule has 0 atom stereocenters. The summed E-state index contributed by atoms with van der Waals surface area (Å²) < 4.78 is 0. The quantitative estimate of drug-likeness (QED) is 0.687. The number of para-hydroxylation sites is 1. The van der Waals surface area contributed by atoms with Crippen molar-refractivity contribution in [3.8, 4) is 0 Å². The summed E-state index contributed by atoms with van der Waals surface area (Å²) in [5.41, 5.74) is 7.45. The van der Waals surface area contributed by atoms with Crippen LogP contribution >= 0.6 is 0 Å². The molecule has 1 aliphatic rings. The molecule has 0 unspecified atom stereocenters. The Hall–Kier alpha value is -1.06. The van der Waals surface area contributed by atoms with Crippen LogP contribution in [0.2, 0.25) is 0 Å². The van der Waals surface area contributed by atoms with Crippen molar-refractivity contribution in [3.63, 3.8) is 0 Å². The third-order valence-electron chi connectivity index (χ3n) is 2.24. The zero-order valence-corrected chi connectivity index (χ0v) is 7.66. The molecule has 1 fully saturated rings. The molecule has 3 heteroatoms. The van der Waals surface area contributed by atoms with Gasteiger partial charge in [0, 0.05) is 13.1 Å². The number of nitrogens with one attached hydrogen (secondary N) is 2. The van der Waals surface area contributed by atoms with E-state index in [-0.39, 0.29) is 0 Å². The second-order valence-electron chi connectivity index (χ2n) is 3.30. The van der Waals surface area contributed by atoms with Gasteiger partial charge >= 0.3 is 0 Å². The third kappa shape index (κ3) is 2.44. The van der Waals surface area contributed by atoms with E-state index in [1.165, 1.54) is 12.8 Å². The maximum absolute atomic E-state index is 3.18. The van der Waals surface area contributed by atoms with Crippen LogP contribution in [0, 0.1) is 0 Å². The van der Waals surface area contributed by atoms with E-state index in [9.17, 15) is 0 Å². The fraction of sp³-hybridized carbons (Fsp3) is 0.400. The SMILES string of the molecule is c1ccc(NNN2CCCC2)cc1. The van der Waals surface area contributed by atoms with Crippen LogP contribution in [0.15, 0.2) is 30.3 Å². The molecule has 0 amide bonds. The summed E-state index contributed by atoms with van der Waals surface area (Å²) in [6.07, 6.45) is 2.59. The number of benzene rings is 1. The van der Waals surface area contributed by atoms with Crippen LogP contribution in [0.4, 0.5) is 5.69 Å². The van der Waals surface area contributed by atoms with Gasteiger partial charge in [0.1, 0.15) is 0 Å². The molecule has 0 aliphatic carbocycles. The molecule has 1 aromatic carbocycles. The number of hydrogen-bond acceptors (Lipinski definition) is 3. The predicted molar refractivity (Wildman–Crippen MR) is 54.0 cm³/mol. The first kappa shape index (κ1) is 8.53. The lowest BCUT2D eigenvalue weighted by molar-refractivity contribution is 0.260. The Morgan fingerprint density at radius 2 is 1.69 bits per heavy atom. The fourth-order valence-electron chi connectivity index (χ4n) is 1.49. The van der Waals surface area contributed by atoms with E-state index in [2.05, 4.69) is 16.0 Å². The van der Waals surface area contributed by atoms with E-state index < -0.39 is 0 Å². The van der Waals surface area contributed by atoms with Gasteiger partial charge in [-0.25, -0.2) is 5.01 Å². The highest BCUT2D eigenvalue weighted by atomic mass is 15.7. The van der Waals surface area contributed by atoms with Crippen molar-refractivity contribution in [2.24, 2.45) is 0 Å². The van der Waals surface area contributed by atoms with Gasteiger partial charge in [-0.1, -0.05) is 18.2 Å². The van der Waals surface area contributed by atoms with Gasteiger partial charge in [0.05, 0.1) is 5.69 Å². The van der Waals surface area contributed by atoms with Crippen molar-refractivity contribution in [2.45, 2.75) is 12.8 Å². The molecular formula is C10H15N3. The summed E-state index contributed by atoms with van der Waals surface area (Å²) in [6, 6.07) is 10.1. The van der Waals surface area contributed by atoms with Gasteiger partial charge in [-0.2, -0.15) is 5.53 Å². The van der Waals surface area contributed by atoms with Gasteiger partial charge in [-0.15, -0.1) is 0 Å². The smallest absolute Gasteiger partial charge is 0.0501 e. The van der Waals surface area contributed by atoms with Crippen LogP contribution in [0.3, 0.4) is 0 Å². The Labute approximate surface area is 78.7 Å². The van der Waals surface area contributed by atoms with Crippen LogP contribution in [0.25, 0.3) is 0 Å². The van der Waals surface area contributed by atoms with E-state index in [4.69, 9.17) is 0 Å². The molecule has 0 spiro atoms.